The summed E-state index contributed by atoms with van der Waals surface area (Å²) in [5, 5.41) is 12.8. The molecule has 5 heteroatoms. The smallest absolute Gasteiger partial charge is 0.151 e. The van der Waals surface area contributed by atoms with Crippen molar-refractivity contribution >= 4 is 17.1 Å². The molecule has 31 heavy (non-hydrogen) atoms. The second-order valence-corrected chi connectivity index (χ2v) is 9.29. The summed E-state index contributed by atoms with van der Waals surface area (Å²) in [7, 11) is 2.11. The molecule has 0 amide bonds. The fourth-order valence-electron chi connectivity index (χ4n) is 4.45. The van der Waals surface area contributed by atoms with Crippen LogP contribution in [0.15, 0.2) is 72.9 Å². The average molecular weight is 420 g/mol. The fourth-order valence-corrected chi connectivity index (χ4v) is 4.45. The number of nitrogens with one attached hydrogen (secondary N) is 1. The largest absolute Gasteiger partial charge is 0.355 e. The minimum absolute atomic E-state index is 0.0749. The van der Waals surface area contributed by atoms with E-state index in [1.54, 1.807) is 12.2 Å². The molecule has 0 aliphatic carbocycles. The summed E-state index contributed by atoms with van der Waals surface area (Å²) < 4.78 is 0. The van der Waals surface area contributed by atoms with E-state index in [2.05, 4.69) is 79.9 Å². The first-order valence-electron chi connectivity index (χ1n) is 10.7. The van der Waals surface area contributed by atoms with E-state index in [-0.39, 0.29) is 11.1 Å². The van der Waals surface area contributed by atoms with Gasteiger partial charge in [-0.15, -0.1) is 10.2 Å². The molecule has 0 spiro atoms. The van der Waals surface area contributed by atoms with Crippen molar-refractivity contribution in [2.24, 2.45) is 4.99 Å². The minimum Gasteiger partial charge on any atom is -0.355 e. The maximum Gasteiger partial charge on any atom is 0.151 e. The van der Waals surface area contributed by atoms with Crippen molar-refractivity contribution in [2.75, 3.05) is 11.9 Å². The van der Waals surface area contributed by atoms with Gasteiger partial charge in [0.05, 0.1) is 11.4 Å². The Balaban J connectivity index is 2.29. The van der Waals surface area contributed by atoms with Gasteiger partial charge in [0.1, 0.15) is 0 Å². The molecule has 0 atom stereocenters. The van der Waals surface area contributed by atoms with Gasteiger partial charge in [0.15, 0.2) is 5.82 Å². The fraction of sp³-hybridized carbons (Fsp3) is 0.423. The van der Waals surface area contributed by atoms with E-state index >= 15 is 0 Å². The molecular formula is C26H37N5. The van der Waals surface area contributed by atoms with Crippen molar-refractivity contribution < 1.29 is 0 Å². The highest BCUT2D eigenvalue weighted by molar-refractivity contribution is 6.11. The Morgan fingerprint density at radius 1 is 1.10 bits per heavy atom. The van der Waals surface area contributed by atoms with Gasteiger partial charge in [-0.1, -0.05) is 31.9 Å². The van der Waals surface area contributed by atoms with E-state index < -0.39 is 0 Å². The quantitative estimate of drug-likeness (QED) is 0.446. The van der Waals surface area contributed by atoms with Crippen LogP contribution in [-0.2, 0) is 0 Å². The molecule has 1 saturated heterocycles. The zero-order valence-corrected chi connectivity index (χ0v) is 19.9. The molecule has 2 heterocycles. The van der Waals surface area contributed by atoms with Crippen LogP contribution in [0.5, 0.6) is 0 Å². The third-order valence-corrected chi connectivity index (χ3v) is 5.59. The molecule has 1 N–H and O–H groups in total. The normalized spacial score (nSPS) is 19.6. The van der Waals surface area contributed by atoms with Crippen LogP contribution in [0.4, 0.5) is 5.82 Å². The van der Waals surface area contributed by atoms with E-state index in [9.17, 15) is 0 Å². The molecule has 0 bridgehead atoms. The van der Waals surface area contributed by atoms with Crippen LogP contribution in [0.3, 0.4) is 0 Å². The summed E-state index contributed by atoms with van der Waals surface area (Å²) >= 11 is 0. The zero-order valence-electron chi connectivity index (χ0n) is 19.9. The standard InChI is InChI=1S/C26H37N5/c1-10-19(22(12-3)27-13-4)16-20(11-2)23-14-15-24(29-28-23)31(9)21-17-25(5,6)30-26(7,8)18-21/h10-16,21,30H,2-4,17-18H2,1,5-9H3/b19-10-,20-16+,27-22-. The first-order valence-corrected chi connectivity index (χ1v) is 10.7. The number of aliphatic imine (C=N–C) groups is 1. The lowest BCUT2D eigenvalue weighted by Crippen LogP contribution is -2.62. The third kappa shape index (κ3) is 6.34. The number of allylic oxidation sites excluding steroid dienone is 6. The van der Waals surface area contributed by atoms with Gasteiger partial charge in [0.2, 0.25) is 0 Å². The molecule has 2 rings (SSSR count). The van der Waals surface area contributed by atoms with Gasteiger partial charge >= 0.3 is 0 Å². The second-order valence-electron chi connectivity index (χ2n) is 9.29. The molecule has 1 aliphatic heterocycles. The van der Waals surface area contributed by atoms with Crippen molar-refractivity contribution in [1.82, 2.24) is 15.5 Å². The topological polar surface area (TPSA) is 53.4 Å². The van der Waals surface area contributed by atoms with Crippen LogP contribution in [0.25, 0.3) is 5.57 Å². The van der Waals surface area contributed by atoms with Crippen molar-refractivity contribution in [3.63, 3.8) is 0 Å². The molecular weight excluding hydrogens is 382 g/mol. The first kappa shape index (κ1) is 24.5. The van der Waals surface area contributed by atoms with Gasteiger partial charge in [-0.25, -0.2) is 0 Å². The Kier molecular flexibility index (Phi) is 7.91. The molecule has 1 aromatic rings. The highest BCUT2D eigenvalue weighted by Crippen LogP contribution is 2.32. The van der Waals surface area contributed by atoms with Crippen LogP contribution in [0.1, 0.15) is 53.2 Å². The number of hydrogen-bond acceptors (Lipinski definition) is 5. The van der Waals surface area contributed by atoms with Crippen molar-refractivity contribution in [3.05, 3.63) is 73.6 Å². The maximum atomic E-state index is 4.53. The molecule has 0 radical (unpaired) electrons. The number of piperidine rings is 1. The zero-order chi connectivity index (χ0) is 23.2. The lowest BCUT2D eigenvalue weighted by molar-refractivity contribution is 0.160. The molecule has 1 aliphatic rings. The first-order chi connectivity index (χ1) is 14.6. The van der Waals surface area contributed by atoms with E-state index in [0.717, 1.165) is 41.2 Å². The van der Waals surface area contributed by atoms with Crippen molar-refractivity contribution in [3.8, 4) is 0 Å². The number of aromatic nitrogens is 2. The molecule has 1 fully saturated rings. The van der Waals surface area contributed by atoms with Crippen LogP contribution < -0.4 is 10.2 Å². The predicted octanol–water partition coefficient (Wildman–Crippen LogP) is 5.51. The summed E-state index contributed by atoms with van der Waals surface area (Å²) in [4.78, 5) is 6.53. The molecule has 0 saturated carbocycles. The van der Waals surface area contributed by atoms with E-state index in [4.69, 9.17) is 0 Å². The highest BCUT2D eigenvalue weighted by atomic mass is 15.3. The summed E-state index contributed by atoms with van der Waals surface area (Å²) in [5.74, 6) is 0.872. The maximum absolute atomic E-state index is 4.53. The third-order valence-electron chi connectivity index (χ3n) is 5.59. The molecule has 0 unspecified atom stereocenters. The molecule has 166 valence electrons. The SMILES string of the molecule is C=C\N=C(C=C)/C(=C\C)/C=C(\C=C)c1ccc(N(C)C2CC(C)(C)NC(C)(C)C2)nn1. The predicted molar refractivity (Wildman–Crippen MR) is 135 cm³/mol. The van der Waals surface area contributed by atoms with Crippen molar-refractivity contribution in [1.29, 1.82) is 0 Å². The lowest BCUT2D eigenvalue weighted by Gasteiger charge is -2.49. The minimum atomic E-state index is 0.0749. The van der Waals surface area contributed by atoms with Crippen LogP contribution in [-0.4, -0.2) is 40.1 Å². The van der Waals surface area contributed by atoms with Crippen LogP contribution in [0, 0.1) is 0 Å². The summed E-state index contributed by atoms with van der Waals surface area (Å²) in [6, 6.07) is 4.42. The van der Waals surface area contributed by atoms with Gasteiger partial charge in [-0.2, -0.15) is 0 Å². The Bertz CT molecular complexity index is 884. The number of nitrogens with zero attached hydrogens (tertiary/aromatic N) is 4. The summed E-state index contributed by atoms with van der Waals surface area (Å²) in [5.41, 5.74) is 3.46. The molecule has 5 nitrogen and oxygen atoms in total. The van der Waals surface area contributed by atoms with E-state index in [0.29, 0.717) is 6.04 Å². The Morgan fingerprint density at radius 2 is 1.74 bits per heavy atom. The van der Waals surface area contributed by atoms with E-state index in [1.807, 2.05) is 31.2 Å². The highest BCUT2D eigenvalue weighted by Gasteiger charge is 2.39. The molecule has 1 aromatic heterocycles. The Morgan fingerprint density at radius 3 is 2.19 bits per heavy atom. The Hall–Kier alpha value is -2.79. The summed E-state index contributed by atoms with van der Waals surface area (Å²) in [6.07, 6.45) is 11.1. The van der Waals surface area contributed by atoms with Gasteiger partial charge in [-0.3, -0.25) is 4.99 Å². The van der Waals surface area contributed by atoms with Crippen LogP contribution in [0.2, 0.25) is 0 Å². The average Bonchev–Trinajstić information content (AvgIpc) is 2.71. The summed E-state index contributed by atoms with van der Waals surface area (Å²) in [6.45, 7) is 22.5. The monoisotopic (exact) mass is 419 g/mol. The number of rotatable bonds is 8. The molecule has 0 aromatic carbocycles. The number of hydrogen-bond donors (Lipinski definition) is 1. The lowest BCUT2D eigenvalue weighted by atomic mass is 9.79. The van der Waals surface area contributed by atoms with Crippen molar-refractivity contribution in [2.45, 2.75) is 64.6 Å². The van der Waals surface area contributed by atoms with Gasteiger partial charge in [0, 0.05) is 35.9 Å². The van der Waals surface area contributed by atoms with Gasteiger partial charge in [0.25, 0.3) is 0 Å². The Labute approximate surface area is 188 Å². The van der Waals surface area contributed by atoms with Gasteiger partial charge in [-0.05, 0) is 77.3 Å². The van der Waals surface area contributed by atoms with Gasteiger partial charge < -0.3 is 10.2 Å². The second kappa shape index (κ2) is 10.0. The van der Waals surface area contributed by atoms with Crippen LogP contribution >= 0.6 is 0 Å². The van der Waals surface area contributed by atoms with E-state index in [1.165, 1.54) is 6.20 Å². The number of anilines is 1.